The van der Waals surface area contributed by atoms with E-state index in [0.29, 0.717) is 24.2 Å². The van der Waals surface area contributed by atoms with Gasteiger partial charge in [-0.15, -0.1) is 0 Å². The van der Waals surface area contributed by atoms with Gasteiger partial charge < -0.3 is 10.0 Å². The van der Waals surface area contributed by atoms with Crippen molar-refractivity contribution >= 4 is 16.8 Å². The molecule has 0 radical (unpaired) electrons. The second kappa shape index (κ2) is 8.27. The van der Waals surface area contributed by atoms with Crippen LogP contribution in [0.2, 0.25) is 0 Å². The molecule has 5 heteroatoms. The van der Waals surface area contributed by atoms with E-state index >= 15 is 0 Å². The quantitative estimate of drug-likeness (QED) is 0.726. The molecule has 0 aliphatic heterocycles. The fraction of sp³-hybridized carbons (Fsp3) is 0.318. The third kappa shape index (κ3) is 4.14. The van der Waals surface area contributed by atoms with E-state index in [4.69, 9.17) is 0 Å². The predicted octanol–water partition coefficient (Wildman–Crippen LogP) is 3.66. The van der Waals surface area contributed by atoms with Crippen molar-refractivity contribution in [3.8, 4) is 0 Å². The third-order valence-electron chi connectivity index (χ3n) is 4.83. The van der Waals surface area contributed by atoms with E-state index in [0.717, 1.165) is 22.2 Å². The number of hydrogen-bond donors (Lipinski definition) is 1. The average molecular weight is 363 g/mol. The lowest BCUT2D eigenvalue weighted by molar-refractivity contribution is 0.0559. The molecule has 1 amide bonds. The summed E-state index contributed by atoms with van der Waals surface area (Å²) >= 11 is 0. The highest BCUT2D eigenvalue weighted by Crippen LogP contribution is 2.21. The lowest BCUT2D eigenvalue weighted by Gasteiger charge is -2.30. The second-order valence-corrected chi connectivity index (χ2v) is 6.82. The summed E-state index contributed by atoms with van der Waals surface area (Å²) in [7, 11) is 0. The standard InChI is InChI=1S/C22H25N3O2/c1-4-19(14-26)25(13-18-7-5-6-10-23-18)22(27)20-12-17-11-15(2)8-9-21(17)24-16(20)3/h5-12,19,26H,4,13-14H2,1-3H3. The van der Waals surface area contributed by atoms with E-state index in [1.165, 1.54) is 0 Å². The lowest BCUT2D eigenvalue weighted by Crippen LogP contribution is -2.42. The van der Waals surface area contributed by atoms with Crippen LogP contribution < -0.4 is 0 Å². The van der Waals surface area contributed by atoms with Crippen molar-refractivity contribution in [2.24, 2.45) is 0 Å². The summed E-state index contributed by atoms with van der Waals surface area (Å²) in [6, 6.07) is 13.3. The monoisotopic (exact) mass is 363 g/mol. The smallest absolute Gasteiger partial charge is 0.256 e. The molecular weight excluding hydrogens is 338 g/mol. The first-order valence-electron chi connectivity index (χ1n) is 9.23. The van der Waals surface area contributed by atoms with E-state index in [1.807, 2.05) is 63.2 Å². The topological polar surface area (TPSA) is 66.3 Å². The maximum absolute atomic E-state index is 13.4. The molecule has 2 aromatic heterocycles. The molecule has 0 spiro atoms. The first-order chi connectivity index (χ1) is 13.0. The Bertz CT molecular complexity index is 937. The number of amides is 1. The van der Waals surface area contributed by atoms with Gasteiger partial charge >= 0.3 is 0 Å². The van der Waals surface area contributed by atoms with Crippen LogP contribution in [0.4, 0.5) is 0 Å². The minimum Gasteiger partial charge on any atom is -0.394 e. The number of fused-ring (bicyclic) bond motifs is 1. The Morgan fingerprint density at radius 1 is 1.19 bits per heavy atom. The first-order valence-corrected chi connectivity index (χ1v) is 9.23. The molecule has 1 N–H and O–H groups in total. The van der Waals surface area contributed by atoms with Crippen LogP contribution in [0.25, 0.3) is 10.9 Å². The van der Waals surface area contributed by atoms with Gasteiger partial charge in [-0.25, -0.2) is 0 Å². The van der Waals surface area contributed by atoms with Gasteiger partial charge in [-0.3, -0.25) is 14.8 Å². The molecule has 3 aromatic rings. The first kappa shape index (κ1) is 19.0. The molecule has 0 aliphatic rings. The van der Waals surface area contributed by atoms with Gasteiger partial charge in [0.25, 0.3) is 5.91 Å². The number of aryl methyl sites for hydroxylation is 2. The number of aliphatic hydroxyl groups excluding tert-OH is 1. The molecule has 0 saturated heterocycles. The zero-order valence-corrected chi connectivity index (χ0v) is 16.0. The van der Waals surface area contributed by atoms with Crippen molar-refractivity contribution in [1.82, 2.24) is 14.9 Å². The molecule has 3 rings (SSSR count). The van der Waals surface area contributed by atoms with Crippen molar-refractivity contribution in [3.05, 3.63) is 71.2 Å². The molecule has 5 nitrogen and oxygen atoms in total. The highest BCUT2D eigenvalue weighted by atomic mass is 16.3. The summed E-state index contributed by atoms with van der Waals surface area (Å²) in [6.07, 6.45) is 2.37. The minimum absolute atomic E-state index is 0.0890. The molecule has 0 fully saturated rings. The van der Waals surface area contributed by atoms with Gasteiger partial charge in [0.05, 0.1) is 41.7 Å². The van der Waals surface area contributed by atoms with Gasteiger partial charge in [-0.05, 0) is 50.6 Å². The van der Waals surface area contributed by atoms with Crippen LogP contribution in [0.5, 0.6) is 0 Å². The predicted molar refractivity (Wildman–Crippen MR) is 106 cm³/mol. The zero-order chi connectivity index (χ0) is 19.4. The minimum atomic E-state index is -0.271. The number of aromatic nitrogens is 2. The zero-order valence-electron chi connectivity index (χ0n) is 16.0. The number of pyridine rings is 2. The Labute approximate surface area is 159 Å². The van der Waals surface area contributed by atoms with Gasteiger partial charge in [0, 0.05) is 11.6 Å². The SMILES string of the molecule is CCC(CO)N(Cc1ccccn1)C(=O)c1cc2cc(C)ccc2nc1C. The van der Waals surface area contributed by atoms with Gasteiger partial charge in [-0.2, -0.15) is 0 Å². The Morgan fingerprint density at radius 2 is 2.00 bits per heavy atom. The molecule has 1 aromatic carbocycles. The van der Waals surface area contributed by atoms with E-state index in [-0.39, 0.29) is 18.6 Å². The largest absolute Gasteiger partial charge is 0.394 e. The number of hydrogen-bond acceptors (Lipinski definition) is 4. The summed E-state index contributed by atoms with van der Waals surface area (Å²) in [5.41, 5.74) is 4.05. The number of carbonyl (C=O) groups is 1. The highest BCUT2D eigenvalue weighted by molar-refractivity contribution is 5.98. The molecule has 2 heterocycles. The number of aliphatic hydroxyl groups is 1. The summed E-state index contributed by atoms with van der Waals surface area (Å²) < 4.78 is 0. The van der Waals surface area contributed by atoms with Crippen LogP contribution in [0.1, 0.15) is 40.7 Å². The van der Waals surface area contributed by atoms with Crippen molar-refractivity contribution in [2.45, 2.75) is 39.8 Å². The number of benzene rings is 1. The molecular formula is C22H25N3O2. The van der Waals surface area contributed by atoms with Crippen LogP contribution in [-0.4, -0.2) is 38.5 Å². The lowest BCUT2D eigenvalue weighted by atomic mass is 10.0. The Hall–Kier alpha value is -2.79. The van der Waals surface area contributed by atoms with Crippen LogP contribution in [0.15, 0.2) is 48.7 Å². The molecule has 27 heavy (non-hydrogen) atoms. The van der Waals surface area contributed by atoms with Crippen molar-refractivity contribution in [3.63, 3.8) is 0 Å². The number of carbonyl (C=O) groups excluding carboxylic acids is 1. The summed E-state index contributed by atoms with van der Waals surface area (Å²) in [5.74, 6) is -0.130. The Kier molecular flexibility index (Phi) is 5.81. The van der Waals surface area contributed by atoms with Crippen molar-refractivity contribution in [1.29, 1.82) is 0 Å². The van der Waals surface area contributed by atoms with Gasteiger partial charge in [0.2, 0.25) is 0 Å². The second-order valence-electron chi connectivity index (χ2n) is 6.82. The van der Waals surface area contributed by atoms with Crippen LogP contribution in [0, 0.1) is 13.8 Å². The fourth-order valence-corrected chi connectivity index (χ4v) is 3.24. The van der Waals surface area contributed by atoms with Gasteiger partial charge in [0.15, 0.2) is 0 Å². The molecule has 140 valence electrons. The number of rotatable bonds is 6. The highest BCUT2D eigenvalue weighted by Gasteiger charge is 2.25. The summed E-state index contributed by atoms with van der Waals surface area (Å²) in [4.78, 5) is 24.1. The maximum atomic E-state index is 13.4. The average Bonchev–Trinajstić information content (AvgIpc) is 2.68. The normalized spacial score (nSPS) is 12.1. The van der Waals surface area contributed by atoms with Crippen LogP contribution in [0.3, 0.4) is 0 Å². The van der Waals surface area contributed by atoms with E-state index in [1.54, 1.807) is 11.1 Å². The molecule has 1 atom stereocenters. The van der Waals surface area contributed by atoms with Crippen molar-refractivity contribution < 1.29 is 9.90 Å². The Balaban J connectivity index is 2.02. The third-order valence-corrected chi connectivity index (χ3v) is 4.83. The van der Waals surface area contributed by atoms with E-state index in [9.17, 15) is 9.90 Å². The van der Waals surface area contributed by atoms with Gasteiger partial charge in [0.1, 0.15) is 0 Å². The van der Waals surface area contributed by atoms with E-state index in [2.05, 4.69) is 9.97 Å². The van der Waals surface area contributed by atoms with Crippen LogP contribution >= 0.6 is 0 Å². The summed E-state index contributed by atoms with van der Waals surface area (Å²) in [5, 5.41) is 10.8. The fourth-order valence-electron chi connectivity index (χ4n) is 3.24. The molecule has 0 bridgehead atoms. The Morgan fingerprint density at radius 3 is 2.67 bits per heavy atom. The van der Waals surface area contributed by atoms with E-state index < -0.39 is 0 Å². The molecule has 0 saturated carbocycles. The molecule has 1 unspecified atom stereocenters. The van der Waals surface area contributed by atoms with Crippen LogP contribution in [-0.2, 0) is 6.54 Å². The van der Waals surface area contributed by atoms with Gasteiger partial charge in [-0.1, -0.05) is 24.6 Å². The summed E-state index contributed by atoms with van der Waals surface area (Å²) in [6.45, 7) is 6.10. The van der Waals surface area contributed by atoms with Crippen molar-refractivity contribution in [2.75, 3.05) is 6.61 Å². The maximum Gasteiger partial charge on any atom is 0.256 e. The number of nitrogens with zero attached hydrogens (tertiary/aromatic N) is 3. The molecule has 0 aliphatic carbocycles.